The molecule has 0 saturated heterocycles. The van der Waals surface area contributed by atoms with E-state index in [-0.39, 0.29) is 35.3 Å². The maximum Gasteiger partial charge on any atom is 0.261 e. The molecule has 8 heteroatoms. The topological polar surface area (TPSA) is 72.5 Å². The molecule has 1 rings (SSSR count). The third-order valence-electron chi connectivity index (χ3n) is 2.59. The van der Waals surface area contributed by atoms with Crippen LogP contribution in [0.25, 0.3) is 0 Å². The number of amides is 1. The first-order valence-corrected chi connectivity index (χ1v) is 8.58. The summed E-state index contributed by atoms with van der Waals surface area (Å²) in [5.41, 5.74) is -0.334. The van der Waals surface area contributed by atoms with Crippen molar-refractivity contribution in [1.29, 1.82) is 0 Å². The normalized spacial score (nSPS) is 11.7. The van der Waals surface area contributed by atoms with Crippen molar-refractivity contribution in [2.75, 3.05) is 13.2 Å². The standard InChI is InChI=1S/C13H17ClFNO4S/c1-8(2)20-5-4-16-13(17)11-7-10(21(14,18)19)6-9(3)12(11)15/h6-8H,4-5H2,1-3H3,(H,16,17). The number of aryl methyl sites for hydroxylation is 1. The van der Waals surface area contributed by atoms with Crippen molar-refractivity contribution in [3.8, 4) is 0 Å². The van der Waals surface area contributed by atoms with Crippen LogP contribution in [0.5, 0.6) is 0 Å². The van der Waals surface area contributed by atoms with Crippen molar-refractivity contribution < 1.29 is 22.3 Å². The van der Waals surface area contributed by atoms with Gasteiger partial charge in [0, 0.05) is 17.2 Å². The van der Waals surface area contributed by atoms with Crippen LogP contribution in [0.1, 0.15) is 29.8 Å². The molecule has 0 spiro atoms. The fourth-order valence-electron chi connectivity index (χ4n) is 1.60. The number of benzene rings is 1. The van der Waals surface area contributed by atoms with E-state index >= 15 is 0 Å². The summed E-state index contributed by atoms with van der Waals surface area (Å²) in [6.45, 7) is 5.52. The van der Waals surface area contributed by atoms with E-state index in [9.17, 15) is 17.6 Å². The number of nitrogens with one attached hydrogen (secondary N) is 1. The lowest BCUT2D eigenvalue weighted by Gasteiger charge is -2.10. The third-order valence-corrected chi connectivity index (χ3v) is 3.93. The summed E-state index contributed by atoms with van der Waals surface area (Å²) in [6, 6.07) is 2.00. The van der Waals surface area contributed by atoms with Crippen molar-refractivity contribution >= 4 is 25.6 Å². The number of rotatable bonds is 6. The van der Waals surface area contributed by atoms with Gasteiger partial charge >= 0.3 is 0 Å². The van der Waals surface area contributed by atoms with Gasteiger partial charge in [-0.15, -0.1) is 0 Å². The Balaban J connectivity index is 2.91. The minimum Gasteiger partial charge on any atom is -0.377 e. The molecule has 1 amide bonds. The highest BCUT2D eigenvalue weighted by Crippen LogP contribution is 2.22. The van der Waals surface area contributed by atoms with Gasteiger partial charge in [-0.25, -0.2) is 12.8 Å². The van der Waals surface area contributed by atoms with Gasteiger partial charge in [0.15, 0.2) is 0 Å². The molecule has 1 aromatic rings. The monoisotopic (exact) mass is 337 g/mol. The first kappa shape index (κ1) is 17.9. The lowest BCUT2D eigenvalue weighted by molar-refractivity contribution is 0.0745. The smallest absolute Gasteiger partial charge is 0.261 e. The summed E-state index contributed by atoms with van der Waals surface area (Å²) in [5.74, 6) is -1.49. The van der Waals surface area contributed by atoms with Crippen LogP contribution in [-0.4, -0.2) is 33.6 Å². The molecule has 0 saturated carbocycles. The van der Waals surface area contributed by atoms with Crippen LogP contribution in [-0.2, 0) is 13.8 Å². The van der Waals surface area contributed by atoms with Crippen LogP contribution in [0.4, 0.5) is 4.39 Å². The van der Waals surface area contributed by atoms with Crippen LogP contribution < -0.4 is 5.32 Å². The zero-order chi connectivity index (χ0) is 16.2. The van der Waals surface area contributed by atoms with E-state index in [0.717, 1.165) is 12.1 Å². The summed E-state index contributed by atoms with van der Waals surface area (Å²) in [5, 5.41) is 2.46. The van der Waals surface area contributed by atoms with Crippen LogP contribution in [0.3, 0.4) is 0 Å². The zero-order valence-corrected chi connectivity index (χ0v) is 13.5. The predicted octanol–water partition coefficient (Wildman–Crippen LogP) is 2.22. The third kappa shape index (κ3) is 5.26. The summed E-state index contributed by atoms with van der Waals surface area (Å²) in [6.07, 6.45) is 0.0191. The van der Waals surface area contributed by atoms with Gasteiger partial charge in [-0.3, -0.25) is 4.79 Å². The van der Waals surface area contributed by atoms with Crippen molar-refractivity contribution in [3.63, 3.8) is 0 Å². The van der Waals surface area contributed by atoms with Gasteiger partial charge in [-0.05, 0) is 38.5 Å². The van der Waals surface area contributed by atoms with Crippen LogP contribution in [0.2, 0.25) is 0 Å². The molecule has 0 aliphatic rings. The molecule has 0 aromatic heterocycles. The second-order valence-corrected chi connectivity index (χ2v) is 7.28. The molecule has 0 aliphatic heterocycles. The average Bonchev–Trinajstić information content (AvgIpc) is 2.35. The van der Waals surface area contributed by atoms with Crippen molar-refractivity contribution in [2.24, 2.45) is 0 Å². The molecular weight excluding hydrogens is 321 g/mol. The van der Waals surface area contributed by atoms with E-state index in [4.69, 9.17) is 15.4 Å². The van der Waals surface area contributed by atoms with E-state index in [0.29, 0.717) is 0 Å². The van der Waals surface area contributed by atoms with Gasteiger partial charge in [-0.2, -0.15) is 0 Å². The highest BCUT2D eigenvalue weighted by atomic mass is 35.7. The molecule has 1 aromatic carbocycles. The van der Waals surface area contributed by atoms with E-state index in [1.54, 1.807) is 0 Å². The Morgan fingerprint density at radius 1 is 1.43 bits per heavy atom. The molecule has 0 atom stereocenters. The predicted molar refractivity (Wildman–Crippen MR) is 77.6 cm³/mol. The molecular formula is C13H17ClFNO4S. The minimum atomic E-state index is -4.03. The van der Waals surface area contributed by atoms with Crippen molar-refractivity contribution in [3.05, 3.63) is 29.1 Å². The zero-order valence-electron chi connectivity index (χ0n) is 11.9. The number of ether oxygens (including phenoxy) is 1. The molecule has 5 nitrogen and oxygen atoms in total. The second-order valence-electron chi connectivity index (χ2n) is 4.72. The maximum absolute atomic E-state index is 13.9. The van der Waals surface area contributed by atoms with Gasteiger partial charge < -0.3 is 10.1 Å². The van der Waals surface area contributed by atoms with E-state index < -0.39 is 20.8 Å². The molecule has 0 radical (unpaired) electrons. The molecule has 0 fully saturated rings. The van der Waals surface area contributed by atoms with Crippen LogP contribution >= 0.6 is 10.7 Å². The Kier molecular flexibility index (Phi) is 6.12. The van der Waals surface area contributed by atoms with Crippen LogP contribution in [0.15, 0.2) is 17.0 Å². The molecule has 0 unspecified atom stereocenters. The maximum atomic E-state index is 13.9. The second kappa shape index (κ2) is 7.20. The number of hydrogen-bond donors (Lipinski definition) is 1. The number of carbonyl (C=O) groups excluding carboxylic acids is 1. The van der Waals surface area contributed by atoms with E-state index in [2.05, 4.69) is 5.32 Å². The summed E-state index contributed by atoms with van der Waals surface area (Å²) >= 11 is 0. The highest BCUT2D eigenvalue weighted by molar-refractivity contribution is 8.13. The SMILES string of the molecule is Cc1cc(S(=O)(=O)Cl)cc(C(=O)NCCOC(C)C)c1F. The number of hydrogen-bond acceptors (Lipinski definition) is 4. The van der Waals surface area contributed by atoms with Gasteiger partial charge in [0.05, 0.1) is 23.2 Å². The quantitative estimate of drug-likeness (QED) is 0.638. The van der Waals surface area contributed by atoms with E-state index in [1.165, 1.54) is 6.92 Å². The van der Waals surface area contributed by atoms with Gasteiger partial charge in [0.2, 0.25) is 0 Å². The summed E-state index contributed by atoms with van der Waals surface area (Å²) in [7, 11) is 1.19. The summed E-state index contributed by atoms with van der Waals surface area (Å²) in [4.78, 5) is 11.6. The van der Waals surface area contributed by atoms with Crippen LogP contribution in [0, 0.1) is 12.7 Å². The first-order valence-electron chi connectivity index (χ1n) is 6.27. The average molecular weight is 338 g/mol. The minimum absolute atomic E-state index is 0.0191. The number of halogens is 2. The van der Waals surface area contributed by atoms with E-state index in [1.807, 2.05) is 13.8 Å². The lowest BCUT2D eigenvalue weighted by atomic mass is 10.1. The Bertz CT molecular complexity index is 631. The van der Waals surface area contributed by atoms with Gasteiger partial charge in [0.1, 0.15) is 5.82 Å². The Morgan fingerprint density at radius 2 is 2.05 bits per heavy atom. The first-order chi connectivity index (χ1) is 9.62. The fourth-order valence-corrected chi connectivity index (χ4v) is 2.44. The molecule has 0 aliphatic carbocycles. The molecule has 1 N–H and O–H groups in total. The Hall–Kier alpha value is -1.18. The van der Waals surface area contributed by atoms with Crippen molar-refractivity contribution in [2.45, 2.75) is 31.8 Å². The highest BCUT2D eigenvalue weighted by Gasteiger charge is 2.19. The van der Waals surface area contributed by atoms with Crippen molar-refractivity contribution in [1.82, 2.24) is 5.32 Å². The Morgan fingerprint density at radius 3 is 2.57 bits per heavy atom. The molecule has 21 heavy (non-hydrogen) atoms. The van der Waals surface area contributed by atoms with Gasteiger partial charge in [-0.1, -0.05) is 0 Å². The fraction of sp³-hybridized carbons (Fsp3) is 0.462. The van der Waals surface area contributed by atoms with Gasteiger partial charge in [0.25, 0.3) is 15.0 Å². The Labute approximate surface area is 127 Å². The number of carbonyl (C=O) groups is 1. The largest absolute Gasteiger partial charge is 0.377 e. The summed E-state index contributed by atoms with van der Waals surface area (Å²) < 4.78 is 41.8. The molecule has 118 valence electrons. The lowest BCUT2D eigenvalue weighted by Crippen LogP contribution is -2.29. The molecule has 0 bridgehead atoms. The molecule has 0 heterocycles.